The number of halogens is 2. The van der Waals surface area contributed by atoms with Gasteiger partial charge in [-0.05, 0) is 56.7 Å². The van der Waals surface area contributed by atoms with Crippen molar-refractivity contribution in [1.29, 1.82) is 0 Å². The van der Waals surface area contributed by atoms with E-state index in [9.17, 15) is 4.39 Å². The Bertz CT molecular complexity index is 740. The van der Waals surface area contributed by atoms with Crippen LogP contribution in [0.2, 0.25) is 0 Å². The van der Waals surface area contributed by atoms with Crippen LogP contribution in [0.25, 0.3) is 11.1 Å². The van der Waals surface area contributed by atoms with Gasteiger partial charge in [0.05, 0.1) is 0 Å². The maximum absolute atomic E-state index is 13.0. The van der Waals surface area contributed by atoms with E-state index in [1.54, 1.807) is 17.4 Å². The zero-order chi connectivity index (χ0) is 14.7. The molecular formula is C17H13BrFNS. The van der Waals surface area contributed by atoms with Gasteiger partial charge in [0.2, 0.25) is 0 Å². The van der Waals surface area contributed by atoms with Crippen molar-refractivity contribution in [3.8, 4) is 11.1 Å². The van der Waals surface area contributed by atoms with Crippen molar-refractivity contribution in [2.45, 2.75) is 6.54 Å². The molecule has 0 unspecified atom stereocenters. The van der Waals surface area contributed by atoms with Gasteiger partial charge in [-0.3, -0.25) is 0 Å². The summed E-state index contributed by atoms with van der Waals surface area (Å²) in [4.78, 5) is 1.24. The van der Waals surface area contributed by atoms with Crippen LogP contribution < -0.4 is 5.32 Å². The largest absolute Gasteiger partial charge is 0.379 e. The summed E-state index contributed by atoms with van der Waals surface area (Å²) >= 11 is 5.08. The van der Waals surface area contributed by atoms with Crippen LogP contribution in [0.1, 0.15) is 4.88 Å². The van der Waals surface area contributed by atoms with E-state index < -0.39 is 0 Å². The van der Waals surface area contributed by atoms with Gasteiger partial charge in [-0.2, -0.15) is 0 Å². The molecule has 106 valence electrons. The summed E-state index contributed by atoms with van der Waals surface area (Å²) in [6.07, 6.45) is 0. The molecule has 1 aromatic heterocycles. The van der Waals surface area contributed by atoms with E-state index in [2.05, 4.69) is 44.8 Å². The molecular weight excluding hydrogens is 349 g/mol. The molecule has 0 amide bonds. The minimum Gasteiger partial charge on any atom is -0.379 e. The lowest BCUT2D eigenvalue weighted by Crippen LogP contribution is -1.98. The maximum atomic E-state index is 13.0. The number of rotatable bonds is 4. The van der Waals surface area contributed by atoms with Crippen molar-refractivity contribution in [3.05, 3.63) is 75.1 Å². The molecule has 1 heterocycles. The lowest BCUT2D eigenvalue weighted by atomic mass is 10.1. The molecule has 2 aromatic carbocycles. The standard InChI is InChI=1S/C17H13BrFNS/c18-16-9-14(19)6-7-17(16)20-10-15-8-13(11-21-15)12-4-2-1-3-5-12/h1-9,11,20H,10H2. The van der Waals surface area contributed by atoms with Crippen LogP contribution in [0.5, 0.6) is 0 Å². The number of thiophene rings is 1. The molecule has 0 atom stereocenters. The van der Waals surface area contributed by atoms with Crippen LogP contribution in [-0.4, -0.2) is 0 Å². The molecule has 0 aliphatic heterocycles. The van der Waals surface area contributed by atoms with E-state index in [-0.39, 0.29) is 5.82 Å². The van der Waals surface area contributed by atoms with Crippen LogP contribution in [0.4, 0.5) is 10.1 Å². The average molecular weight is 362 g/mol. The number of hydrogen-bond acceptors (Lipinski definition) is 2. The van der Waals surface area contributed by atoms with Crippen molar-refractivity contribution in [1.82, 2.24) is 0 Å². The number of benzene rings is 2. The second-order valence-electron chi connectivity index (χ2n) is 4.65. The average Bonchev–Trinajstić information content (AvgIpc) is 2.96. The van der Waals surface area contributed by atoms with Gasteiger partial charge in [0, 0.05) is 21.6 Å². The van der Waals surface area contributed by atoms with Crippen molar-refractivity contribution in [2.75, 3.05) is 5.32 Å². The van der Waals surface area contributed by atoms with Crippen molar-refractivity contribution < 1.29 is 4.39 Å². The molecule has 1 nitrogen and oxygen atoms in total. The highest BCUT2D eigenvalue weighted by molar-refractivity contribution is 9.10. The number of anilines is 1. The van der Waals surface area contributed by atoms with Crippen LogP contribution in [-0.2, 0) is 6.54 Å². The van der Waals surface area contributed by atoms with E-state index in [0.717, 1.165) is 16.7 Å². The summed E-state index contributed by atoms with van der Waals surface area (Å²) in [6.45, 7) is 0.724. The van der Waals surface area contributed by atoms with Crippen molar-refractivity contribution in [3.63, 3.8) is 0 Å². The molecule has 0 fully saturated rings. The molecule has 3 rings (SSSR count). The fourth-order valence-corrected chi connectivity index (χ4v) is 3.39. The maximum Gasteiger partial charge on any atom is 0.124 e. The normalized spacial score (nSPS) is 10.6. The second-order valence-corrected chi connectivity index (χ2v) is 6.50. The number of hydrogen-bond donors (Lipinski definition) is 1. The molecule has 21 heavy (non-hydrogen) atoms. The Kier molecular flexibility index (Phi) is 4.36. The highest BCUT2D eigenvalue weighted by Gasteiger charge is 2.04. The minimum absolute atomic E-state index is 0.241. The third-order valence-corrected chi connectivity index (χ3v) is 4.74. The van der Waals surface area contributed by atoms with Crippen LogP contribution in [0.3, 0.4) is 0 Å². The third kappa shape index (κ3) is 3.52. The van der Waals surface area contributed by atoms with E-state index in [0.29, 0.717) is 0 Å². The first-order chi connectivity index (χ1) is 10.2. The van der Waals surface area contributed by atoms with E-state index in [1.807, 2.05) is 18.2 Å². The quantitative estimate of drug-likeness (QED) is 0.607. The molecule has 0 saturated heterocycles. The lowest BCUT2D eigenvalue weighted by Gasteiger charge is -2.07. The Morgan fingerprint density at radius 3 is 2.57 bits per heavy atom. The highest BCUT2D eigenvalue weighted by Crippen LogP contribution is 2.27. The smallest absolute Gasteiger partial charge is 0.124 e. The van der Waals surface area contributed by atoms with E-state index in [4.69, 9.17) is 0 Å². The first-order valence-electron chi connectivity index (χ1n) is 6.54. The van der Waals surface area contributed by atoms with Gasteiger partial charge in [0.15, 0.2) is 0 Å². The molecule has 0 aliphatic carbocycles. The summed E-state index contributed by atoms with van der Waals surface area (Å²) in [7, 11) is 0. The summed E-state index contributed by atoms with van der Waals surface area (Å²) in [6, 6.07) is 17.2. The van der Waals surface area contributed by atoms with Crippen LogP contribution in [0, 0.1) is 5.82 Å². The summed E-state index contributed by atoms with van der Waals surface area (Å²) < 4.78 is 13.8. The van der Waals surface area contributed by atoms with Crippen molar-refractivity contribution in [2.24, 2.45) is 0 Å². The Hall–Kier alpha value is -1.65. The number of nitrogens with one attached hydrogen (secondary N) is 1. The van der Waals surface area contributed by atoms with Crippen LogP contribution >= 0.6 is 27.3 Å². The Balaban J connectivity index is 1.70. The molecule has 3 aromatic rings. The van der Waals surface area contributed by atoms with Crippen LogP contribution in [0.15, 0.2) is 64.5 Å². The summed E-state index contributed by atoms with van der Waals surface area (Å²) in [5.74, 6) is -0.241. The molecule has 0 bridgehead atoms. The third-order valence-electron chi connectivity index (χ3n) is 3.15. The predicted molar refractivity (Wildman–Crippen MR) is 91.2 cm³/mol. The molecule has 0 saturated carbocycles. The van der Waals surface area contributed by atoms with E-state index in [1.165, 1.54) is 28.1 Å². The molecule has 4 heteroatoms. The second kappa shape index (κ2) is 6.41. The minimum atomic E-state index is -0.241. The molecule has 0 radical (unpaired) electrons. The van der Waals surface area contributed by atoms with Gasteiger partial charge in [-0.25, -0.2) is 4.39 Å². The van der Waals surface area contributed by atoms with Gasteiger partial charge in [-0.1, -0.05) is 30.3 Å². The molecule has 0 spiro atoms. The zero-order valence-corrected chi connectivity index (χ0v) is 13.5. The summed E-state index contributed by atoms with van der Waals surface area (Å²) in [5, 5.41) is 5.48. The van der Waals surface area contributed by atoms with Gasteiger partial charge >= 0.3 is 0 Å². The van der Waals surface area contributed by atoms with Crippen molar-refractivity contribution >= 4 is 33.0 Å². The SMILES string of the molecule is Fc1ccc(NCc2cc(-c3ccccc3)cs2)c(Br)c1. The monoisotopic (exact) mass is 361 g/mol. The predicted octanol–water partition coefficient (Wildman–Crippen LogP) is 5.93. The highest BCUT2D eigenvalue weighted by atomic mass is 79.9. The van der Waals surface area contributed by atoms with E-state index >= 15 is 0 Å². The Morgan fingerprint density at radius 1 is 1.00 bits per heavy atom. The topological polar surface area (TPSA) is 12.0 Å². The Labute approximate surface area is 135 Å². The van der Waals surface area contributed by atoms with Gasteiger partial charge in [-0.15, -0.1) is 11.3 Å². The summed E-state index contributed by atoms with van der Waals surface area (Å²) in [5.41, 5.74) is 3.35. The fraction of sp³-hybridized carbons (Fsp3) is 0.0588. The lowest BCUT2D eigenvalue weighted by molar-refractivity contribution is 0.627. The molecule has 0 aliphatic rings. The molecule has 1 N–H and O–H groups in total. The van der Waals surface area contributed by atoms with Gasteiger partial charge in [0.1, 0.15) is 5.82 Å². The first-order valence-corrected chi connectivity index (χ1v) is 8.21. The first kappa shape index (κ1) is 14.3. The van der Waals surface area contributed by atoms with Gasteiger partial charge in [0.25, 0.3) is 0 Å². The fourth-order valence-electron chi connectivity index (χ4n) is 2.07. The zero-order valence-electron chi connectivity index (χ0n) is 11.1. The Morgan fingerprint density at radius 2 is 1.81 bits per heavy atom. The van der Waals surface area contributed by atoms with Gasteiger partial charge < -0.3 is 5.32 Å².